The number of morpholine rings is 1. The standard InChI is InChI=1S/C19H39N4O8P/c20-6-3-1-2-4-18(24)21-7-5-19(25)22-8-13-29-14-9-23(10-15-30-16-11-23)12-17-31-32(26,27)28/h1-17,20H2,(H3-,21,22,24,25,26,27,28). The van der Waals surface area contributed by atoms with Gasteiger partial charge in [-0.1, -0.05) is 6.42 Å². The number of amides is 2. The van der Waals surface area contributed by atoms with Gasteiger partial charge in [-0.15, -0.1) is 0 Å². The van der Waals surface area contributed by atoms with Gasteiger partial charge in [-0.25, -0.2) is 0 Å². The van der Waals surface area contributed by atoms with E-state index in [-0.39, 0.29) is 24.8 Å². The first kappa shape index (κ1) is 28.9. The highest BCUT2D eigenvalue weighted by Crippen LogP contribution is 2.30. The molecule has 2 amide bonds. The van der Waals surface area contributed by atoms with Crippen LogP contribution in [0, 0.1) is 0 Å². The fourth-order valence-electron chi connectivity index (χ4n) is 3.36. The van der Waals surface area contributed by atoms with Crippen LogP contribution in [0.1, 0.15) is 32.1 Å². The third-order valence-corrected chi connectivity index (χ3v) is 5.81. The molecule has 188 valence electrons. The topological polar surface area (TPSA) is 172 Å². The van der Waals surface area contributed by atoms with Gasteiger partial charge in [0.1, 0.15) is 32.8 Å². The van der Waals surface area contributed by atoms with E-state index >= 15 is 0 Å². The van der Waals surface area contributed by atoms with Crippen LogP contribution >= 0.6 is 7.82 Å². The highest BCUT2D eigenvalue weighted by molar-refractivity contribution is 7.44. The van der Waals surface area contributed by atoms with Crippen molar-refractivity contribution in [2.75, 3.05) is 78.8 Å². The van der Waals surface area contributed by atoms with Crippen molar-refractivity contribution in [1.82, 2.24) is 10.6 Å². The third kappa shape index (κ3) is 14.9. The summed E-state index contributed by atoms with van der Waals surface area (Å²) in [4.78, 5) is 43.0. The number of unbranched alkanes of at least 4 members (excludes halogenated alkanes) is 2. The van der Waals surface area contributed by atoms with Crippen LogP contribution < -0.4 is 21.3 Å². The van der Waals surface area contributed by atoms with Crippen LogP contribution in [0.15, 0.2) is 0 Å². The van der Waals surface area contributed by atoms with E-state index in [4.69, 9.17) is 20.1 Å². The van der Waals surface area contributed by atoms with Gasteiger partial charge in [-0.3, -0.25) is 14.2 Å². The predicted octanol–water partition coefficient (Wildman–Crippen LogP) is -1.53. The maximum Gasteiger partial charge on any atom is 0.265 e. The number of quaternary nitrogens is 1. The molecule has 0 aliphatic carbocycles. The third-order valence-electron chi connectivity index (χ3n) is 5.30. The van der Waals surface area contributed by atoms with Crippen LogP contribution in [0.2, 0.25) is 0 Å². The molecule has 1 saturated heterocycles. The normalized spacial score (nSPS) is 17.5. The maximum absolute atomic E-state index is 11.8. The number of nitrogens with zero attached hydrogens (tertiary/aromatic N) is 1. The zero-order valence-electron chi connectivity index (χ0n) is 18.8. The quantitative estimate of drug-likeness (QED) is 0.103. The van der Waals surface area contributed by atoms with Gasteiger partial charge in [-0.2, -0.15) is 0 Å². The average Bonchev–Trinajstić information content (AvgIpc) is 2.73. The lowest BCUT2D eigenvalue weighted by Gasteiger charge is -2.41. The van der Waals surface area contributed by atoms with Crippen molar-refractivity contribution in [3.05, 3.63) is 0 Å². The van der Waals surface area contributed by atoms with Crippen molar-refractivity contribution < 1.29 is 42.4 Å². The van der Waals surface area contributed by atoms with Crippen molar-refractivity contribution in [3.8, 4) is 0 Å². The second kappa shape index (κ2) is 16.5. The first-order valence-electron chi connectivity index (χ1n) is 11.2. The van der Waals surface area contributed by atoms with Gasteiger partial charge in [-0.05, 0) is 19.4 Å². The summed E-state index contributed by atoms with van der Waals surface area (Å²) in [6.07, 6.45) is 3.30. The molecular weight excluding hydrogens is 443 g/mol. The molecule has 0 saturated carbocycles. The molecule has 0 aromatic carbocycles. The van der Waals surface area contributed by atoms with Gasteiger partial charge >= 0.3 is 0 Å². The Labute approximate surface area is 190 Å². The van der Waals surface area contributed by atoms with Crippen LogP contribution in [0.4, 0.5) is 0 Å². The molecule has 1 aliphatic heterocycles. The lowest BCUT2D eigenvalue weighted by atomic mass is 10.2. The van der Waals surface area contributed by atoms with Gasteiger partial charge in [0, 0.05) is 25.9 Å². The molecule has 12 nitrogen and oxygen atoms in total. The van der Waals surface area contributed by atoms with E-state index in [0.717, 1.165) is 19.3 Å². The Bertz CT molecular complexity index is 584. The number of ether oxygens (including phenoxy) is 2. The van der Waals surface area contributed by atoms with E-state index in [9.17, 15) is 19.0 Å². The first-order chi connectivity index (χ1) is 15.3. The molecule has 1 rings (SSSR count). The summed E-state index contributed by atoms with van der Waals surface area (Å²) in [6.45, 7) is 5.59. The molecule has 1 heterocycles. The summed E-state index contributed by atoms with van der Waals surface area (Å²) in [5.41, 5.74) is 5.41. The van der Waals surface area contributed by atoms with Crippen LogP contribution in [0.25, 0.3) is 0 Å². The number of phosphoric ester groups is 1. The Hall–Kier alpha value is -1.11. The average molecular weight is 483 g/mol. The lowest BCUT2D eigenvalue weighted by molar-refractivity contribution is -0.935. The van der Waals surface area contributed by atoms with Crippen LogP contribution in [0.5, 0.6) is 0 Å². The number of nitrogens with one attached hydrogen (secondary N) is 2. The highest BCUT2D eigenvalue weighted by Gasteiger charge is 2.30. The minimum atomic E-state index is -4.73. The Morgan fingerprint density at radius 2 is 1.66 bits per heavy atom. The summed E-state index contributed by atoms with van der Waals surface area (Å²) < 4.78 is 26.8. The largest absolute Gasteiger partial charge is 0.756 e. The predicted molar refractivity (Wildman–Crippen MR) is 115 cm³/mol. The van der Waals surface area contributed by atoms with Gasteiger partial charge in [0.05, 0.1) is 26.4 Å². The number of phosphoric acid groups is 1. The van der Waals surface area contributed by atoms with Crippen molar-refractivity contribution in [3.63, 3.8) is 0 Å². The Balaban J connectivity index is 2.10. The van der Waals surface area contributed by atoms with E-state index in [1.807, 2.05) is 0 Å². The molecule has 0 radical (unpaired) electrons. The SMILES string of the molecule is NCCCCCC(=O)NCCC(=O)NCCOCC[N+]1(CCOP(=O)([O-])O)CCOCC1. The van der Waals surface area contributed by atoms with Gasteiger partial charge in [0.25, 0.3) is 7.82 Å². The van der Waals surface area contributed by atoms with Crippen molar-refractivity contribution in [2.24, 2.45) is 5.73 Å². The number of carbonyl (C=O) groups excluding carboxylic acids is 2. The van der Waals surface area contributed by atoms with Crippen LogP contribution in [-0.4, -0.2) is 100 Å². The zero-order chi connectivity index (χ0) is 23.7. The zero-order valence-corrected chi connectivity index (χ0v) is 19.7. The van der Waals surface area contributed by atoms with Crippen LogP contribution in [0.3, 0.4) is 0 Å². The maximum atomic E-state index is 11.8. The van der Waals surface area contributed by atoms with Gasteiger partial charge in [0.2, 0.25) is 11.8 Å². The van der Waals surface area contributed by atoms with Gasteiger partial charge in [0.15, 0.2) is 0 Å². The molecule has 1 unspecified atom stereocenters. The number of hydrogen-bond donors (Lipinski definition) is 4. The molecule has 0 bridgehead atoms. The first-order valence-corrected chi connectivity index (χ1v) is 12.7. The highest BCUT2D eigenvalue weighted by atomic mass is 31.2. The lowest BCUT2D eigenvalue weighted by Crippen LogP contribution is -2.58. The summed E-state index contributed by atoms with van der Waals surface area (Å²) >= 11 is 0. The van der Waals surface area contributed by atoms with E-state index in [1.165, 1.54) is 0 Å². The molecule has 1 aliphatic rings. The number of rotatable bonds is 18. The smallest absolute Gasteiger partial charge is 0.265 e. The molecule has 0 spiro atoms. The fourth-order valence-corrected chi connectivity index (χ4v) is 3.67. The van der Waals surface area contributed by atoms with Crippen LogP contribution in [-0.2, 0) is 28.2 Å². The van der Waals surface area contributed by atoms with Crippen molar-refractivity contribution >= 4 is 19.6 Å². The number of hydrogen-bond acceptors (Lipinski definition) is 8. The summed E-state index contributed by atoms with van der Waals surface area (Å²) in [5.74, 6) is -0.210. The second-order valence-electron chi connectivity index (χ2n) is 7.81. The molecule has 0 aromatic heterocycles. The Morgan fingerprint density at radius 1 is 1.00 bits per heavy atom. The molecule has 13 heteroatoms. The van der Waals surface area contributed by atoms with Crippen molar-refractivity contribution in [2.45, 2.75) is 32.1 Å². The Morgan fingerprint density at radius 3 is 2.34 bits per heavy atom. The minimum absolute atomic E-state index is 0.0548. The Kier molecular flexibility index (Phi) is 14.9. The summed E-state index contributed by atoms with van der Waals surface area (Å²) in [7, 11) is -4.73. The van der Waals surface area contributed by atoms with E-state index in [2.05, 4.69) is 15.2 Å². The molecule has 1 fully saturated rings. The van der Waals surface area contributed by atoms with E-state index < -0.39 is 7.82 Å². The second-order valence-corrected chi connectivity index (χ2v) is 9.01. The van der Waals surface area contributed by atoms with Crippen molar-refractivity contribution in [1.29, 1.82) is 0 Å². The number of nitrogens with two attached hydrogens (primary N) is 1. The molecule has 0 aromatic rings. The van der Waals surface area contributed by atoms with Gasteiger partial charge < -0.3 is 44.6 Å². The molecule has 5 N–H and O–H groups in total. The van der Waals surface area contributed by atoms with E-state index in [0.29, 0.717) is 83.1 Å². The molecule has 32 heavy (non-hydrogen) atoms. The number of carbonyl (C=O) groups is 2. The van der Waals surface area contributed by atoms with E-state index in [1.54, 1.807) is 0 Å². The summed E-state index contributed by atoms with van der Waals surface area (Å²) in [5, 5.41) is 5.48. The fraction of sp³-hybridized carbons (Fsp3) is 0.895. The monoisotopic (exact) mass is 482 g/mol. The minimum Gasteiger partial charge on any atom is -0.756 e. The summed E-state index contributed by atoms with van der Waals surface area (Å²) in [6, 6.07) is 0. The molecule has 1 atom stereocenters. The molecular formula is C19H39N4O8P.